The number of rotatable bonds is 14. The van der Waals surface area contributed by atoms with Crippen molar-refractivity contribution in [1.29, 1.82) is 0 Å². The smallest absolute Gasteiger partial charge is 0.236 e. The van der Waals surface area contributed by atoms with Crippen LogP contribution in [-0.2, 0) is 19.1 Å². The van der Waals surface area contributed by atoms with Gasteiger partial charge in [0.1, 0.15) is 0 Å². The molecule has 8 nitrogen and oxygen atoms in total. The van der Waals surface area contributed by atoms with E-state index in [0.717, 1.165) is 6.42 Å². The van der Waals surface area contributed by atoms with Crippen LogP contribution in [-0.4, -0.2) is 57.1 Å². The summed E-state index contributed by atoms with van der Waals surface area (Å²) in [6.45, 7) is 12.0. The molecule has 0 rings (SSSR count). The Morgan fingerprint density at radius 3 is 2.18 bits per heavy atom. The molecule has 5 N–H and O–H groups in total. The predicted molar refractivity (Wildman–Crippen MR) is 111 cm³/mol. The molecule has 0 aliphatic heterocycles. The fourth-order valence-corrected chi connectivity index (χ4v) is 2.47. The van der Waals surface area contributed by atoms with Crippen molar-refractivity contribution < 1.29 is 19.1 Å². The summed E-state index contributed by atoms with van der Waals surface area (Å²) in [5, 5.41) is 8.21. The third kappa shape index (κ3) is 12.7. The molecule has 0 aliphatic rings. The molecule has 0 aromatic heterocycles. The summed E-state index contributed by atoms with van der Waals surface area (Å²) in [5.41, 5.74) is 5.28. The molecular weight excluding hydrogens is 360 g/mol. The van der Waals surface area contributed by atoms with Crippen molar-refractivity contribution >= 4 is 17.7 Å². The van der Waals surface area contributed by atoms with Crippen LogP contribution in [0.25, 0.3) is 0 Å². The Hall–Kier alpha value is -1.67. The van der Waals surface area contributed by atoms with E-state index in [1.54, 1.807) is 7.05 Å². The van der Waals surface area contributed by atoms with Gasteiger partial charge in [0.05, 0.1) is 19.3 Å². The second kappa shape index (κ2) is 12.7. The Bertz CT molecular complexity index is 506. The zero-order chi connectivity index (χ0) is 21.8. The minimum Gasteiger partial charge on any atom is -0.380 e. The first kappa shape index (κ1) is 26.3. The van der Waals surface area contributed by atoms with Crippen LogP contribution in [0, 0.1) is 10.8 Å². The lowest BCUT2D eigenvalue weighted by Gasteiger charge is -2.29. The Balaban J connectivity index is 4.23. The highest BCUT2D eigenvalue weighted by Gasteiger charge is 2.26. The van der Waals surface area contributed by atoms with Gasteiger partial charge < -0.3 is 26.4 Å². The summed E-state index contributed by atoms with van der Waals surface area (Å²) in [5.74, 6) is -0.374. The molecule has 0 fully saturated rings. The standard InChI is InChI=1S/C20H40N4O4/c1-7-10-23-17(26)11-19(2,3)13-28-14-20(4,5)12-24-18(27)15(21)8-9-16(25)22-6/h15H,7-14,21H2,1-6H3,(H,22,25)(H,23,26)(H,24,27)/t15-/m0/s1. The first-order valence-electron chi connectivity index (χ1n) is 10.0. The molecular formula is C20H40N4O4. The molecule has 0 aromatic rings. The van der Waals surface area contributed by atoms with Crippen LogP contribution in [0.5, 0.6) is 0 Å². The van der Waals surface area contributed by atoms with Crippen molar-refractivity contribution in [1.82, 2.24) is 16.0 Å². The molecule has 1 atom stereocenters. The third-order valence-corrected chi connectivity index (χ3v) is 4.24. The van der Waals surface area contributed by atoms with E-state index in [-0.39, 0.29) is 35.0 Å². The zero-order valence-corrected chi connectivity index (χ0v) is 18.4. The zero-order valence-electron chi connectivity index (χ0n) is 18.4. The maximum absolute atomic E-state index is 12.1. The van der Waals surface area contributed by atoms with Gasteiger partial charge in [-0.2, -0.15) is 0 Å². The number of carbonyl (C=O) groups is 3. The van der Waals surface area contributed by atoms with Crippen LogP contribution in [0.3, 0.4) is 0 Å². The monoisotopic (exact) mass is 400 g/mol. The van der Waals surface area contributed by atoms with E-state index in [1.165, 1.54) is 0 Å². The number of hydrogen-bond acceptors (Lipinski definition) is 5. The average molecular weight is 401 g/mol. The molecule has 0 radical (unpaired) electrons. The Morgan fingerprint density at radius 1 is 1.00 bits per heavy atom. The van der Waals surface area contributed by atoms with E-state index in [1.807, 2.05) is 34.6 Å². The summed E-state index contributed by atoms with van der Waals surface area (Å²) in [6.07, 6.45) is 1.84. The fourth-order valence-electron chi connectivity index (χ4n) is 2.47. The molecule has 0 unspecified atom stereocenters. The van der Waals surface area contributed by atoms with Crippen LogP contribution in [0.15, 0.2) is 0 Å². The van der Waals surface area contributed by atoms with Crippen molar-refractivity contribution in [3.8, 4) is 0 Å². The molecule has 3 amide bonds. The summed E-state index contributed by atoms with van der Waals surface area (Å²) in [6, 6.07) is -0.713. The topological polar surface area (TPSA) is 123 Å². The molecule has 0 spiro atoms. The first-order valence-corrected chi connectivity index (χ1v) is 10.0. The SMILES string of the molecule is CCCNC(=O)CC(C)(C)COCC(C)(C)CNC(=O)[C@@H](N)CCC(=O)NC. The highest BCUT2D eigenvalue weighted by atomic mass is 16.5. The molecule has 8 heteroatoms. The van der Waals surface area contributed by atoms with Gasteiger partial charge >= 0.3 is 0 Å². The highest BCUT2D eigenvalue weighted by molar-refractivity contribution is 5.82. The number of hydrogen-bond donors (Lipinski definition) is 4. The van der Waals surface area contributed by atoms with Crippen LogP contribution < -0.4 is 21.7 Å². The summed E-state index contributed by atoms with van der Waals surface area (Å²) < 4.78 is 5.84. The molecule has 164 valence electrons. The van der Waals surface area contributed by atoms with Gasteiger partial charge in [-0.1, -0.05) is 34.6 Å². The van der Waals surface area contributed by atoms with Gasteiger partial charge in [0.25, 0.3) is 0 Å². The van der Waals surface area contributed by atoms with E-state index in [2.05, 4.69) is 16.0 Å². The largest absolute Gasteiger partial charge is 0.380 e. The quantitative estimate of drug-likeness (QED) is 0.346. The van der Waals surface area contributed by atoms with Gasteiger partial charge in [0.2, 0.25) is 17.7 Å². The van der Waals surface area contributed by atoms with Crippen molar-refractivity contribution in [2.24, 2.45) is 16.6 Å². The second-order valence-corrected chi connectivity index (χ2v) is 8.88. The first-order chi connectivity index (χ1) is 12.9. The van der Waals surface area contributed by atoms with E-state index in [0.29, 0.717) is 39.1 Å². The van der Waals surface area contributed by atoms with E-state index in [9.17, 15) is 14.4 Å². The average Bonchev–Trinajstić information content (AvgIpc) is 2.61. The second-order valence-electron chi connectivity index (χ2n) is 8.88. The van der Waals surface area contributed by atoms with Gasteiger partial charge in [-0.25, -0.2) is 0 Å². The van der Waals surface area contributed by atoms with Gasteiger partial charge in [0, 0.05) is 38.4 Å². The van der Waals surface area contributed by atoms with Gasteiger partial charge in [0.15, 0.2) is 0 Å². The lowest BCUT2D eigenvalue weighted by molar-refractivity contribution is -0.125. The number of ether oxygens (including phenoxy) is 1. The third-order valence-electron chi connectivity index (χ3n) is 4.24. The van der Waals surface area contributed by atoms with E-state index in [4.69, 9.17) is 10.5 Å². The summed E-state index contributed by atoms with van der Waals surface area (Å²) >= 11 is 0. The van der Waals surface area contributed by atoms with Gasteiger partial charge in [-0.05, 0) is 18.3 Å². The molecule has 0 bridgehead atoms. The molecule has 28 heavy (non-hydrogen) atoms. The molecule has 0 aromatic carbocycles. The van der Waals surface area contributed by atoms with E-state index >= 15 is 0 Å². The van der Waals surface area contributed by atoms with Crippen molar-refractivity contribution in [2.75, 3.05) is 33.4 Å². The van der Waals surface area contributed by atoms with E-state index < -0.39 is 6.04 Å². The molecule has 0 saturated carbocycles. The maximum Gasteiger partial charge on any atom is 0.236 e. The molecule has 0 aliphatic carbocycles. The predicted octanol–water partition coefficient (Wildman–Crippen LogP) is 0.941. The number of carbonyl (C=O) groups excluding carboxylic acids is 3. The van der Waals surface area contributed by atoms with Crippen molar-refractivity contribution in [3.05, 3.63) is 0 Å². The van der Waals surface area contributed by atoms with Crippen LogP contribution in [0.2, 0.25) is 0 Å². The number of nitrogens with two attached hydrogens (primary N) is 1. The minimum atomic E-state index is -0.713. The lowest BCUT2D eigenvalue weighted by Crippen LogP contribution is -2.45. The number of nitrogens with one attached hydrogen (secondary N) is 3. The highest BCUT2D eigenvalue weighted by Crippen LogP contribution is 2.22. The Labute approximate surface area is 169 Å². The molecule has 0 saturated heterocycles. The van der Waals surface area contributed by atoms with Crippen LogP contribution in [0.1, 0.15) is 60.3 Å². The minimum absolute atomic E-state index is 0.0349. The fraction of sp³-hybridized carbons (Fsp3) is 0.850. The summed E-state index contributed by atoms with van der Waals surface area (Å²) in [7, 11) is 1.55. The Morgan fingerprint density at radius 2 is 1.61 bits per heavy atom. The Kier molecular flexibility index (Phi) is 12.0. The van der Waals surface area contributed by atoms with Crippen LogP contribution >= 0.6 is 0 Å². The van der Waals surface area contributed by atoms with Crippen molar-refractivity contribution in [3.63, 3.8) is 0 Å². The maximum atomic E-state index is 12.1. The molecule has 0 heterocycles. The van der Waals surface area contributed by atoms with Gasteiger partial charge in [-0.3, -0.25) is 14.4 Å². The van der Waals surface area contributed by atoms with Crippen LogP contribution in [0.4, 0.5) is 0 Å². The summed E-state index contributed by atoms with van der Waals surface area (Å²) in [4.78, 5) is 35.2. The van der Waals surface area contributed by atoms with Gasteiger partial charge in [-0.15, -0.1) is 0 Å². The number of amides is 3. The van der Waals surface area contributed by atoms with Crippen molar-refractivity contribution in [2.45, 2.75) is 66.3 Å². The lowest BCUT2D eigenvalue weighted by atomic mass is 9.89. The normalized spacial score (nSPS) is 13.0.